The van der Waals surface area contributed by atoms with Crippen molar-refractivity contribution in [2.75, 3.05) is 19.6 Å². The van der Waals surface area contributed by atoms with Crippen LogP contribution in [0.15, 0.2) is 18.3 Å². The van der Waals surface area contributed by atoms with Crippen molar-refractivity contribution in [2.24, 2.45) is 0 Å². The molecule has 24 heavy (non-hydrogen) atoms. The smallest absolute Gasteiger partial charge is 0.229 e. The van der Waals surface area contributed by atoms with E-state index in [0.29, 0.717) is 25.9 Å². The third kappa shape index (κ3) is 3.37. The van der Waals surface area contributed by atoms with Crippen LogP contribution in [0.3, 0.4) is 0 Å². The molecule has 0 aromatic carbocycles. The fraction of sp³-hybridized carbons (Fsp3) is 0.611. The molecule has 3 rings (SSSR count). The van der Waals surface area contributed by atoms with E-state index in [9.17, 15) is 9.59 Å². The minimum Gasteiger partial charge on any atom is -0.335 e. The fourth-order valence-electron chi connectivity index (χ4n) is 3.39. The Balaban J connectivity index is 1.67. The summed E-state index contributed by atoms with van der Waals surface area (Å²) in [6, 6.07) is -0.0274. The van der Waals surface area contributed by atoms with Gasteiger partial charge in [-0.15, -0.1) is 0 Å². The number of unbranched alkanes of at least 4 members (excludes halogenated alkanes) is 1. The van der Waals surface area contributed by atoms with Gasteiger partial charge in [-0.3, -0.25) is 9.59 Å². The zero-order chi connectivity index (χ0) is 17.1. The van der Waals surface area contributed by atoms with Gasteiger partial charge in [0, 0.05) is 38.8 Å². The van der Waals surface area contributed by atoms with Crippen molar-refractivity contribution >= 4 is 11.8 Å². The highest BCUT2D eigenvalue weighted by Gasteiger charge is 2.29. The zero-order valence-corrected chi connectivity index (χ0v) is 14.6. The average molecular weight is 330 g/mol. The van der Waals surface area contributed by atoms with E-state index in [1.807, 2.05) is 35.1 Å². The molecule has 0 N–H and O–H groups in total. The molecule has 0 radical (unpaired) electrons. The molecular weight excluding hydrogens is 304 g/mol. The summed E-state index contributed by atoms with van der Waals surface area (Å²) in [6.45, 7) is 6.99. The van der Waals surface area contributed by atoms with Gasteiger partial charge in [0.25, 0.3) is 0 Å². The Morgan fingerprint density at radius 2 is 1.96 bits per heavy atom. The van der Waals surface area contributed by atoms with Gasteiger partial charge in [0.15, 0.2) is 0 Å². The monoisotopic (exact) mass is 330 g/mol. The summed E-state index contributed by atoms with van der Waals surface area (Å²) in [4.78, 5) is 33.0. The number of nitrogens with zero attached hydrogens (tertiary/aromatic N) is 4. The first-order valence-electron chi connectivity index (χ1n) is 8.88. The molecule has 6 heteroatoms. The lowest BCUT2D eigenvalue weighted by atomic mass is 10.1. The van der Waals surface area contributed by atoms with Crippen LogP contribution in [0.25, 0.3) is 0 Å². The van der Waals surface area contributed by atoms with E-state index in [1.165, 1.54) is 0 Å². The van der Waals surface area contributed by atoms with Gasteiger partial charge in [-0.2, -0.15) is 0 Å². The van der Waals surface area contributed by atoms with E-state index in [0.717, 1.165) is 37.4 Å². The highest BCUT2D eigenvalue weighted by atomic mass is 16.2. The number of aromatic nitrogens is 2. The van der Waals surface area contributed by atoms with Gasteiger partial charge in [-0.05, 0) is 13.3 Å². The number of hydrogen-bond acceptors (Lipinski definition) is 3. The number of carbonyl (C=O) groups excluding carboxylic acids is 2. The Morgan fingerprint density at radius 1 is 1.21 bits per heavy atom. The predicted molar refractivity (Wildman–Crippen MR) is 91.3 cm³/mol. The zero-order valence-electron chi connectivity index (χ0n) is 14.6. The molecule has 3 heterocycles. The molecule has 1 atom stereocenters. The Bertz CT molecular complexity index is 641. The fourth-order valence-corrected chi connectivity index (χ4v) is 3.39. The van der Waals surface area contributed by atoms with Crippen molar-refractivity contribution in [3.05, 3.63) is 29.9 Å². The van der Waals surface area contributed by atoms with Crippen molar-refractivity contribution < 1.29 is 9.59 Å². The van der Waals surface area contributed by atoms with Gasteiger partial charge in [0.2, 0.25) is 11.8 Å². The van der Waals surface area contributed by atoms with Crippen molar-refractivity contribution in [3.63, 3.8) is 0 Å². The molecule has 1 aromatic rings. The third-order valence-corrected chi connectivity index (χ3v) is 4.85. The first-order valence-corrected chi connectivity index (χ1v) is 8.88. The molecule has 0 saturated heterocycles. The van der Waals surface area contributed by atoms with Crippen LogP contribution < -0.4 is 0 Å². The third-order valence-electron chi connectivity index (χ3n) is 4.85. The summed E-state index contributed by atoms with van der Waals surface area (Å²) in [5, 5.41) is 0. The highest BCUT2D eigenvalue weighted by Crippen LogP contribution is 2.26. The van der Waals surface area contributed by atoms with Gasteiger partial charge in [0.05, 0.1) is 18.2 Å². The average Bonchev–Trinajstić information content (AvgIpc) is 3.22. The SMILES string of the molecule is CCCCC(=O)N1CCn2cc(CC(=O)N3CC=CC3)nc2[C@@H]1C. The van der Waals surface area contributed by atoms with Crippen molar-refractivity contribution in [1.82, 2.24) is 19.4 Å². The van der Waals surface area contributed by atoms with Crippen molar-refractivity contribution in [3.8, 4) is 0 Å². The maximum Gasteiger partial charge on any atom is 0.229 e. The van der Waals surface area contributed by atoms with Crippen LogP contribution in [-0.4, -0.2) is 50.8 Å². The molecule has 0 fully saturated rings. The molecule has 0 aliphatic carbocycles. The second-order valence-corrected chi connectivity index (χ2v) is 6.60. The van der Waals surface area contributed by atoms with Gasteiger partial charge < -0.3 is 14.4 Å². The molecule has 2 amide bonds. The largest absolute Gasteiger partial charge is 0.335 e. The lowest BCUT2D eigenvalue weighted by Crippen LogP contribution is -2.41. The summed E-state index contributed by atoms with van der Waals surface area (Å²) in [5.41, 5.74) is 0.802. The second-order valence-electron chi connectivity index (χ2n) is 6.60. The number of rotatable bonds is 5. The number of amides is 2. The van der Waals surface area contributed by atoms with Gasteiger partial charge in [-0.1, -0.05) is 25.5 Å². The lowest BCUT2D eigenvalue weighted by molar-refractivity contribution is -0.134. The number of carbonyl (C=O) groups is 2. The van der Waals surface area contributed by atoms with Crippen LogP contribution in [0.2, 0.25) is 0 Å². The molecule has 1 aromatic heterocycles. The maximum atomic E-state index is 12.4. The molecule has 2 aliphatic heterocycles. The Kier molecular flexibility index (Phi) is 5.02. The van der Waals surface area contributed by atoms with E-state index >= 15 is 0 Å². The van der Waals surface area contributed by atoms with E-state index in [4.69, 9.17) is 0 Å². The predicted octanol–water partition coefficient (Wildman–Crippen LogP) is 1.92. The first kappa shape index (κ1) is 16.7. The topological polar surface area (TPSA) is 58.4 Å². The quantitative estimate of drug-likeness (QED) is 0.775. The van der Waals surface area contributed by atoms with Gasteiger partial charge in [0.1, 0.15) is 5.82 Å². The van der Waals surface area contributed by atoms with Crippen molar-refractivity contribution in [2.45, 2.75) is 52.1 Å². The summed E-state index contributed by atoms with van der Waals surface area (Å²) in [6.07, 6.45) is 8.89. The van der Waals surface area contributed by atoms with E-state index in [-0.39, 0.29) is 17.9 Å². The first-order chi connectivity index (χ1) is 11.6. The van der Waals surface area contributed by atoms with Crippen LogP contribution >= 0.6 is 0 Å². The van der Waals surface area contributed by atoms with Crippen molar-refractivity contribution in [1.29, 1.82) is 0 Å². The molecule has 2 aliphatic rings. The molecule has 0 spiro atoms. The Hall–Kier alpha value is -2.11. The Labute approximate surface area is 143 Å². The van der Waals surface area contributed by atoms with Crippen LogP contribution in [0.5, 0.6) is 0 Å². The van der Waals surface area contributed by atoms with E-state index in [1.54, 1.807) is 0 Å². The Morgan fingerprint density at radius 3 is 2.67 bits per heavy atom. The standard InChI is InChI=1S/C18H26N4O2/c1-3-4-7-16(23)22-11-10-21-13-15(19-18(21)14(22)2)12-17(24)20-8-5-6-9-20/h5-6,13-14H,3-4,7-12H2,1-2H3/t14-/m0/s1. The van der Waals surface area contributed by atoms with Gasteiger partial charge in [-0.25, -0.2) is 4.98 Å². The normalized spacial score (nSPS) is 19.7. The van der Waals surface area contributed by atoms with E-state index in [2.05, 4.69) is 16.5 Å². The van der Waals surface area contributed by atoms with Gasteiger partial charge >= 0.3 is 0 Å². The molecule has 130 valence electrons. The summed E-state index contributed by atoms with van der Waals surface area (Å²) in [7, 11) is 0. The van der Waals surface area contributed by atoms with Crippen LogP contribution in [0.4, 0.5) is 0 Å². The lowest BCUT2D eigenvalue weighted by Gasteiger charge is -2.33. The maximum absolute atomic E-state index is 12.4. The summed E-state index contributed by atoms with van der Waals surface area (Å²) in [5.74, 6) is 1.21. The number of hydrogen-bond donors (Lipinski definition) is 0. The highest BCUT2D eigenvalue weighted by molar-refractivity contribution is 5.79. The van der Waals surface area contributed by atoms with Crippen LogP contribution in [0, 0.1) is 0 Å². The molecule has 0 bridgehead atoms. The van der Waals surface area contributed by atoms with E-state index < -0.39 is 0 Å². The molecule has 0 saturated carbocycles. The van der Waals surface area contributed by atoms with Crippen LogP contribution in [-0.2, 0) is 22.6 Å². The number of imidazole rings is 1. The number of fused-ring (bicyclic) bond motifs is 1. The molecular formula is C18H26N4O2. The second kappa shape index (κ2) is 7.20. The summed E-state index contributed by atoms with van der Waals surface area (Å²) < 4.78 is 2.10. The molecule has 0 unspecified atom stereocenters. The minimum absolute atomic E-state index is 0.0274. The molecule has 6 nitrogen and oxygen atoms in total. The minimum atomic E-state index is -0.0274. The summed E-state index contributed by atoms with van der Waals surface area (Å²) >= 11 is 0. The van der Waals surface area contributed by atoms with Crippen LogP contribution in [0.1, 0.15) is 50.7 Å².